The Kier molecular flexibility index (Phi) is 4.88. The highest BCUT2D eigenvalue weighted by atomic mass is 32.2. The number of hydrogen-bond acceptors (Lipinski definition) is 5. The smallest absolute Gasteiger partial charge is 0.246 e. The molecule has 0 unspecified atom stereocenters. The van der Waals surface area contributed by atoms with Crippen molar-refractivity contribution in [3.05, 3.63) is 24.3 Å². The van der Waals surface area contributed by atoms with Crippen molar-refractivity contribution in [1.29, 1.82) is 0 Å². The minimum absolute atomic E-state index is 0.128. The third-order valence-electron chi connectivity index (χ3n) is 2.18. The van der Waals surface area contributed by atoms with Gasteiger partial charge < -0.3 is 15.3 Å². The van der Waals surface area contributed by atoms with E-state index in [9.17, 15) is 13.5 Å². The summed E-state index contributed by atoms with van der Waals surface area (Å²) in [6.45, 7) is -0.964. The number of aliphatic hydroxyl groups excluding tert-OH is 2. The zero-order valence-corrected chi connectivity index (χ0v) is 9.97. The highest BCUT2D eigenvalue weighted by Crippen LogP contribution is 2.24. The minimum atomic E-state index is -3.89. The van der Waals surface area contributed by atoms with Crippen LogP contribution >= 0.6 is 0 Å². The number of phenolic OH excluding ortho intramolecular Hbond substituents is 1. The van der Waals surface area contributed by atoms with Crippen LogP contribution in [0.5, 0.6) is 5.75 Å². The van der Waals surface area contributed by atoms with E-state index in [-0.39, 0.29) is 36.9 Å². The summed E-state index contributed by atoms with van der Waals surface area (Å²) >= 11 is 0. The molecule has 0 aliphatic heterocycles. The fourth-order valence-corrected chi connectivity index (χ4v) is 2.89. The normalized spacial score (nSPS) is 11.9. The van der Waals surface area contributed by atoms with Gasteiger partial charge in [0, 0.05) is 13.1 Å². The van der Waals surface area contributed by atoms with Crippen molar-refractivity contribution in [2.75, 3.05) is 26.3 Å². The third-order valence-corrected chi connectivity index (χ3v) is 4.13. The topological polar surface area (TPSA) is 98.1 Å². The Bertz CT molecular complexity index is 454. The van der Waals surface area contributed by atoms with E-state index in [4.69, 9.17) is 10.2 Å². The number of rotatable bonds is 6. The number of hydrogen-bond donors (Lipinski definition) is 3. The van der Waals surface area contributed by atoms with Crippen LogP contribution in [0.1, 0.15) is 0 Å². The van der Waals surface area contributed by atoms with E-state index >= 15 is 0 Å². The van der Waals surface area contributed by atoms with Crippen LogP contribution in [0.15, 0.2) is 29.2 Å². The second-order valence-electron chi connectivity index (χ2n) is 3.32. The van der Waals surface area contributed by atoms with Crippen molar-refractivity contribution in [2.24, 2.45) is 0 Å². The van der Waals surface area contributed by atoms with Gasteiger partial charge in [0.2, 0.25) is 10.0 Å². The number of aromatic hydroxyl groups is 1. The maximum absolute atomic E-state index is 12.1. The van der Waals surface area contributed by atoms with Gasteiger partial charge >= 0.3 is 0 Å². The molecule has 0 aliphatic carbocycles. The van der Waals surface area contributed by atoms with Gasteiger partial charge in [-0.1, -0.05) is 12.1 Å². The molecule has 0 atom stereocenters. The van der Waals surface area contributed by atoms with Gasteiger partial charge in [-0.15, -0.1) is 0 Å². The summed E-state index contributed by atoms with van der Waals surface area (Å²) < 4.78 is 25.1. The molecule has 1 aromatic carbocycles. The Balaban J connectivity index is 3.12. The molecular weight excluding hydrogens is 246 g/mol. The van der Waals surface area contributed by atoms with E-state index in [2.05, 4.69) is 0 Å². The summed E-state index contributed by atoms with van der Waals surface area (Å²) in [5, 5.41) is 27.1. The van der Waals surface area contributed by atoms with Gasteiger partial charge in [-0.25, -0.2) is 8.42 Å². The number of aliphatic hydroxyl groups is 2. The molecule has 96 valence electrons. The van der Waals surface area contributed by atoms with Gasteiger partial charge in [0.05, 0.1) is 13.2 Å². The monoisotopic (exact) mass is 261 g/mol. The maximum atomic E-state index is 12.1. The Morgan fingerprint density at radius 3 is 2.06 bits per heavy atom. The molecule has 7 heteroatoms. The second kappa shape index (κ2) is 5.97. The van der Waals surface area contributed by atoms with Crippen LogP contribution in [0, 0.1) is 0 Å². The molecule has 1 aromatic rings. The molecule has 1 rings (SSSR count). The summed E-state index contributed by atoms with van der Waals surface area (Å²) in [5.74, 6) is -0.353. The van der Waals surface area contributed by atoms with Crippen LogP contribution in [-0.4, -0.2) is 54.3 Å². The molecule has 0 saturated carbocycles. The third kappa shape index (κ3) is 3.16. The molecule has 0 amide bonds. The predicted octanol–water partition coefficient (Wildman–Crippen LogP) is -0.633. The van der Waals surface area contributed by atoms with Crippen molar-refractivity contribution in [1.82, 2.24) is 4.31 Å². The molecule has 0 radical (unpaired) electrons. The fraction of sp³-hybridized carbons (Fsp3) is 0.400. The molecule has 0 bridgehead atoms. The molecular formula is C10H15NO5S. The van der Waals surface area contributed by atoms with Crippen LogP contribution in [0.4, 0.5) is 0 Å². The number of phenols is 1. The summed E-state index contributed by atoms with van der Waals surface area (Å²) in [7, 11) is -3.89. The number of sulfonamides is 1. The lowest BCUT2D eigenvalue weighted by molar-refractivity contribution is 0.217. The minimum Gasteiger partial charge on any atom is -0.507 e. The van der Waals surface area contributed by atoms with Gasteiger partial charge in [0.15, 0.2) is 0 Å². The number of para-hydroxylation sites is 1. The van der Waals surface area contributed by atoms with E-state index in [1.807, 2.05) is 0 Å². The predicted molar refractivity (Wildman–Crippen MR) is 61.0 cm³/mol. The van der Waals surface area contributed by atoms with Gasteiger partial charge in [-0.3, -0.25) is 0 Å². The van der Waals surface area contributed by atoms with Crippen molar-refractivity contribution < 1.29 is 23.7 Å². The van der Waals surface area contributed by atoms with E-state index in [0.717, 1.165) is 4.31 Å². The number of benzene rings is 1. The molecule has 0 heterocycles. The van der Waals surface area contributed by atoms with Crippen LogP contribution in [0.3, 0.4) is 0 Å². The van der Waals surface area contributed by atoms with Crippen molar-refractivity contribution in [3.8, 4) is 5.75 Å². The first-order valence-corrected chi connectivity index (χ1v) is 6.48. The Morgan fingerprint density at radius 2 is 1.59 bits per heavy atom. The lowest BCUT2D eigenvalue weighted by Gasteiger charge is -2.20. The maximum Gasteiger partial charge on any atom is 0.246 e. The molecule has 17 heavy (non-hydrogen) atoms. The number of nitrogens with zero attached hydrogens (tertiary/aromatic N) is 1. The molecule has 0 spiro atoms. The molecule has 6 nitrogen and oxygen atoms in total. The quantitative estimate of drug-likeness (QED) is 0.633. The van der Waals surface area contributed by atoms with Crippen LogP contribution in [0.2, 0.25) is 0 Å². The Morgan fingerprint density at radius 1 is 1.06 bits per heavy atom. The highest BCUT2D eigenvalue weighted by Gasteiger charge is 2.25. The van der Waals surface area contributed by atoms with Gasteiger partial charge in [-0.2, -0.15) is 4.31 Å². The molecule has 0 aliphatic rings. The summed E-state index contributed by atoms with van der Waals surface area (Å²) in [6.07, 6.45) is 0. The second-order valence-corrected chi connectivity index (χ2v) is 5.23. The molecule has 0 fully saturated rings. The van der Waals surface area contributed by atoms with Crippen LogP contribution in [0.25, 0.3) is 0 Å². The average molecular weight is 261 g/mol. The van der Waals surface area contributed by atoms with Crippen molar-refractivity contribution in [3.63, 3.8) is 0 Å². The summed E-state index contributed by atoms with van der Waals surface area (Å²) in [6, 6.07) is 5.54. The van der Waals surface area contributed by atoms with Crippen LogP contribution in [-0.2, 0) is 10.0 Å². The van der Waals surface area contributed by atoms with Crippen molar-refractivity contribution >= 4 is 10.0 Å². The fourth-order valence-electron chi connectivity index (χ4n) is 1.39. The lowest BCUT2D eigenvalue weighted by Crippen LogP contribution is -2.35. The van der Waals surface area contributed by atoms with E-state index in [1.165, 1.54) is 24.3 Å². The SMILES string of the molecule is O=S(=O)(c1ccccc1O)N(CCO)CCO. The first-order chi connectivity index (χ1) is 8.04. The van der Waals surface area contributed by atoms with Crippen LogP contribution < -0.4 is 0 Å². The summed E-state index contributed by atoms with van der Waals surface area (Å²) in [5.41, 5.74) is 0. The Labute approximate surface area is 99.8 Å². The van der Waals surface area contributed by atoms with Gasteiger partial charge in [-0.05, 0) is 12.1 Å². The highest BCUT2D eigenvalue weighted by molar-refractivity contribution is 7.89. The standard InChI is InChI=1S/C10H15NO5S/c12-7-5-11(6-8-13)17(15,16)10-4-2-1-3-9(10)14/h1-4,12-14H,5-8H2. The molecule has 3 N–H and O–H groups in total. The zero-order valence-electron chi connectivity index (χ0n) is 9.15. The average Bonchev–Trinajstić information content (AvgIpc) is 2.29. The lowest BCUT2D eigenvalue weighted by atomic mass is 10.3. The first kappa shape index (κ1) is 13.9. The van der Waals surface area contributed by atoms with E-state index in [0.29, 0.717) is 0 Å². The Hall–Kier alpha value is -1.15. The van der Waals surface area contributed by atoms with E-state index < -0.39 is 10.0 Å². The summed E-state index contributed by atoms with van der Waals surface area (Å²) in [4.78, 5) is -0.234. The van der Waals surface area contributed by atoms with Crippen molar-refractivity contribution in [2.45, 2.75) is 4.90 Å². The zero-order chi connectivity index (χ0) is 12.9. The van der Waals surface area contributed by atoms with Gasteiger partial charge in [0.25, 0.3) is 0 Å². The molecule has 0 aromatic heterocycles. The van der Waals surface area contributed by atoms with Gasteiger partial charge in [0.1, 0.15) is 10.6 Å². The largest absolute Gasteiger partial charge is 0.507 e. The van der Waals surface area contributed by atoms with E-state index in [1.54, 1.807) is 0 Å². The molecule has 0 saturated heterocycles. The first-order valence-electron chi connectivity index (χ1n) is 5.04.